The van der Waals surface area contributed by atoms with E-state index < -0.39 is 0 Å². The van der Waals surface area contributed by atoms with E-state index >= 15 is 0 Å². The molecule has 2 aromatic rings. The Bertz CT molecular complexity index is 819. The van der Waals surface area contributed by atoms with Gasteiger partial charge in [0.25, 0.3) is 0 Å². The molecule has 0 bridgehead atoms. The van der Waals surface area contributed by atoms with Gasteiger partial charge in [0, 0.05) is 18.4 Å². The molecule has 1 atom stereocenters. The number of benzene rings is 1. The zero-order valence-electron chi connectivity index (χ0n) is 15.7. The normalized spacial score (nSPS) is 15.0. The molecule has 3 amide bonds. The summed E-state index contributed by atoms with van der Waals surface area (Å²) >= 11 is 0. The lowest BCUT2D eigenvalue weighted by Crippen LogP contribution is -2.34. The zero-order valence-corrected chi connectivity index (χ0v) is 15.7. The predicted molar refractivity (Wildman–Crippen MR) is 100 cm³/mol. The topological polar surface area (TPSA) is 101 Å². The number of nitrogens with one attached hydrogen (secondary N) is 2. The summed E-state index contributed by atoms with van der Waals surface area (Å²) in [5.41, 5.74) is 1.27. The van der Waals surface area contributed by atoms with Crippen LogP contribution in [0.2, 0.25) is 0 Å². The molecule has 0 spiro atoms. The van der Waals surface area contributed by atoms with Crippen molar-refractivity contribution < 1.29 is 14.3 Å². The molecule has 1 aliphatic rings. The molecule has 1 fully saturated rings. The first-order valence-electron chi connectivity index (χ1n) is 8.90. The number of urea groups is 1. The molecule has 2 N–H and O–H groups in total. The summed E-state index contributed by atoms with van der Waals surface area (Å²) in [5, 5.41) is 9.86. The summed E-state index contributed by atoms with van der Waals surface area (Å²) in [4.78, 5) is 30.0. The molecule has 1 aliphatic heterocycles. The molecule has 9 nitrogen and oxygen atoms in total. The Morgan fingerprint density at radius 2 is 2.19 bits per heavy atom. The third-order valence-electron chi connectivity index (χ3n) is 4.25. The van der Waals surface area contributed by atoms with Crippen LogP contribution in [0.1, 0.15) is 32.1 Å². The average Bonchev–Trinajstić information content (AvgIpc) is 3.22. The second-order valence-corrected chi connectivity index (χ2v) is 6.84. The first-order chi connectivity index (χ1) is 12.9. The van der Waals surface area contributed by atoms with E-state index in [1.807, 2.05) is 0 Å². The SMILES string of the molecule is CC(C)C[C@@H](NC(=O)Nc1cccc(N2CCOC2=O)c1)c1ncnn1C. The second kappa shape index (κ2) is 8.07. The highest BCUT2D eigenvalue weighted by Gasteiger charge is 2.24. The monoisotopic (exact) mass is 372 g/mol. The van der Waals surface area contributed by atoms with Crippen LogP contribution >= 0.6 is 0 Å². The third kappa shape index (κ3) is 4.55. The van der Waals surface area contributed by atoms with Gasteiger partial charge in [-0.15, -0.1) is 0 Å². The number of cyclic esters (lactones) is 1. The highest BCUT2D eigenvalue weighted by molar-refractivity contribution is 5.93. The summed E-state index contributed by atoms with van der Waals surface area (Å²) < 4.78 is 6.61. The van der Waals surface area contributed by atoms with Crippen LogP contribution in [0.25, 0.3) is 0 Å². The van der Waals surface area contributed by atoms with E-state index in [0.717, 1.165) is 6.42 Å². The first kappa shape index (κ1) is 18.7. The maximum Gasteiger partial charge on any atom is 0.414 e. The summed E-state index contributed by atoms with van der Waals surface area (Å²) in [6, 6.07) is 6.50. The minimum absolute atomic E-state index is 0.255. The lowest BCUT2D eigenvalue weighted by atomic mass is 10.0. The van der Waals surface area contributed by atoms with Crippen LogP contribution in [0.3, 0.4) is 0 Å². The fourth-order valence-electron chi connectivity index (χ4n) is 3.03. The lowest BCUT2D eigenvalue weighted by Gasteiger charge is -2.20. The van der Waals surface area contributed by atoms with Crippen LogP contribution in [0.15, 0.2) is 30.6 Å². The summed E-state index contributed by atoms with van der Waals surface area (Å²) in [6.45, 7) is 5.03. The Kier molecular flexibility index (Phi) is 5.58. The molecule has 0 radical (unpaired) electrons. The molecular formula is C18H24N6O3. The standard InChI is InChI=1S/C18H24N6O3/c1-12(2)9-15(16-19-11-20-23(16)3)22-17(25)21-13-5-4-6-14(10-13)24-7-8-27-18(24)26/h4-6,10-12,15H,7-9H2,1-3H3,(H2,21,22,25)/t15-/m1/s1. The van der Waals surface area contributed by atoms with Crippen molar-refractivity contribution in [2.24, 2.45) is 13.0 Å². The number of amides is 3. The zero-order chi connectivity index (χ0) is 19.4. The number of anilines is 2. The maximum absolute atomic E-state index is 12.5. The molecule has 3 rings (SSSR count). The van der Waals surface area contributed by atoms with E-state index in [2.05, 4.69) is 34.6 Å². The first-order valence-corrected chi connectivity index (χ1v) is 8.90. The molecule has 9 heteroatoms. The van der Waals surface area contributed by atoms with E-state index in [-0.39, 0.29) is 18.2 Å². The van der Waals surface area contributed by atoms with Gasteiger partial charge in [-0.05, 0) is 30.5 Å². The second-order valence-electron chi connectivity index (χ2n) is 6.84. The van der Waals surface area contributed by atoms with Crippen molar-refractivity contribution in [3.63, 3.8) is 0 Å². The van der Waals surface area contributed by atoms with Crippen molar-refractivity contribution >= 4 is 23.5 Å². The van der Waals surface area contributed by atoms with Gasteiger partial charge >= 0.3 is 12.1 Å². The minimum atomic E-state index is -0.379. The van der Waals surface area contributed by atoms with Gasteiger partial charge in [-0.3, -0.25) is 9.58 Å². The molecule has 0 unspecified atom stereocenters. The Hall–Kier alpha value is -3.10. The van der Waals surface area contributed by atoms with Crippen molar-refractivity contribution in [3.05, 3.63) is 36.4 Å². The van der Waals surface area contributed by atoms with E-state index in [9.17, 15) is 9.59 Å². The summed E-state index contributed by atoms with van der Waals surface area (Å²) in [6.07, 6.45) is 1.83. The van der Waals surface area contributed by atoms with Gasteiger partial charge in [-0.25, -0.2) is 14.6 Å². The van der Waals surface area contributed by atoms with Crippen molar-refractivity contribution in [1.82, 2.24) is 20.1 Å². The van der Waals surface area contributed by atoms with Gasteiger partial charge in [-0.2, -0.15) is 5.10 Å². The quantitative estimate of drug-likeness (QED) is 0.812. The molecule has 2 heterocycles. The molecule has 1 saturated heterocycles. The van der Waals surface area contributed by atoms with Crippen molar-refractivity contribution in [1.29, 1.82) is 0 Å². The van der Waals surface area contributed by atoms with Crippen LogP contribution in [-0.2, 0) is 11.8 Å². The van der Waals surface area contributed by atoms with E-state index in [1.54, 1.807) is 36.0 Å². The maximum atomic E-state index is 12.5. The largest absolute Gasteiger partial charge is 0.447 e. The van der Waals surface area contributed by atoms with Gasteiger partial charge < -0.3 is 15.4 Å². The number of nitrogens with zero attached hydrogens (tertiary/aromatic N) is 4. The predicted octanol–water partition coefficient (Wildman–Crippen LogP) is 2.68. The average molecular weight is 372 g/mol. The minimum Gasteiger partial charge on any atom is -0.447 e. The molecule has 0 aliphatic carbocycles. The van der Waals surface area contributed by atoms with Gasteiger partial charge in [0.2, 0.25) is 0 Å². The Labute approximate surface area is 157 Å². The highest BCUT2D eigenvalue weighted by atomic mass is 16.6. The fourth-order valence-corrected chi connectivity index (χ4v) is 3.03. The molecule has 1 aromatic carbocycles. The fraction of sp³-hybridized carbons (Fsp3) is 0.444. The van der Waals surface area contributed by atoms with Gasteiger partial charge in [0.15, 0.2) is 0 Å². The number of aromatic nitrogens is 3. The molecule has 144 valence electrons. The molecule has 0 saturated carbocycles. The number of carbonyl (C=O) groups excluding carboxylic acids is 2. The van der Waals surface area contributed by atoms with Crippen molar-refractivity contribution in [3.8, 4) is 0 Å². The van der Waals surface area contributed by atoms with Crippen molar-refractivity contribution in [2.45, 2.75) is 26.3 Å². The number of carbonyl (C=O) groups is 2. The van der Waals surface area contributed by atoms with Gasteiger partial charge in [0.1, 0.15) is 18.8 Å². The summed E-state index contributed by atoms with van der Waals surface area (Å²) in [7, 11) is 1.80. The van der Waals surface area contributed by atoms with E-state index in [1.165, 1.54) is 11.2 Å². The lowest BCUT2D eigenvalue weighted by molar-refractivity contribution is 0.181. The van der Waals surface area contributed by atoms with E-state index in [0.29, 0.717) is 36.3 Å². The summed E-state index contributed by atoms with van der Waals surface area (Å²) in [5.74, 6) is 1.07. The number of aryl methyl sites for hydroxylation is 1. The molecule has 1 aromatic heterocycles. The van der Waals surface area contributed by atoms with E-state index in [4.69, 9.17) is 4.74 Å². The molecule has 27 heavy (non-hydrogen) atoms. The smallest absolute Gasteiger partial charge is 0.414 e. The Morgan fingerprint density at radius 3 is 2.81 bits per heavy atom. The number of rotatable bonds is 6. The highest BCUT2D eigenvalue weighted by Crippen LogP contribution is 2.23. The Morgan fingerprint density at radius 1 is 1.37 bits per heavy atom. The van der Waals surface area contributed by atoms with Crippen LogP contribution in [-0.4, -0.2) is 40.0 Å². The van der Waals surface area contributed by atoms with Crippen molar-refractivity contribution in [2.75, 3.05) is 23.4 Å². The van der Waals surface area contributed by atoms with Crippen LogP contribution in [0.5, 0.6) is 0 Å². The number of hydrogen-bond acceptors (Lipinski definition) is 5. The van der Waals surface area contributed by atoms with Gasteiger partial charge in [0.05, 0.1) is 12.6 Å². The van der Waals surface area contributed by atoms with Crippen LogP contribution < -0.4 is 15.5 Å². The van der Waals surface area contributed by atoms with Crippen LogP contribution in [0, 0.1) is 5.92 Å². The molecular weight excluding hydrogens is 348 g/mol. The third-order valence-corrected chi connectivity index (χ3v) is 4.25. The Balaban J connectivity index is 1.69. The number of hydrogen-bond donors (Lipinski definition) is 2. The van der Waals surface area contributed by atoms with Crippen LogP contribution in [0.4, 0.5) is 21.0 Å². The van der Waals surface area contributed by atoms with Gasteiger partial charge in [-0.1, -0.05) is 19.9 Å². The number of ether oxygens (including phenoxy) is 1.